The highest BCUT2D eigenvalue weighted by Crippen LogP contribution is 3.05. The van der Waals surface area contributed by atoms with E-state index in [1.807, 2.05) is 0 Å². The van der Waals surface area contributed by atoms with Crippen LogP contribution in [0.4, 0.5) is 0 Å². The third kappa shape index (κ3) is 7.24. The quantitative estimate of drug-likeness (QED) is 0.0537. The van der Waals surface area contributed by atoms with E-state index in [-0.39, 0.29) is 0 Å². The van der Waals surface area contributed by atoms with Crippen molar-refractivity contribution in [2.75, 3.05) is 0 Å². The van der Waals surface area contributed by atoms with E-state index in [0.717, 1.165) is 0 Å². The van der Waals surface area contributed by atoms with Gasteiger partial charge in [-0.1, -0.05) is 240 Å². The lowest BCUT2D eigenvalue weighted by Crippen LogP contribution is -3.66. The van der Waals surface area contributed by atoms with Gasteiger partial charge in [-0.15, -0.1) is 105 Å². The standard InChI is InChI=1S/C56H104Si16/c1-25-57(17,26-2)41-49-65-66(50-42-58(18,27-3)28-4)69(53-45-61(21,33-9)34-10)67(65,51-43-59(19,29-5)30-6)71(55-47-63(23,37-13)38-14)68(65,52-44-60(20,31-7)32-8)70(66,54-46-62(22,35-11)36-12)72(69,71)56-48-64(24,39-15)40-16/h25-40H,1-16,41-56H2,17-24H3. The lowest BCUT2D eigenvalue weighted by atomic mass is 10.9. The zero-order valence-electron chi connectivity index (χ0n) is 47.9. The molecule has 0 bridgehead atoms. The van der Waals surface area contributed by atoms with Crippen molar-refractivity contribution in [3.8, 4) is 0 Å². The molecule has 0 amide bonds. The lowest BCUT2D eigenvalue weighted by molar-refractivity contribution is 1.19. The Kier molecular flexibility index (Phi) is 18.0. The van der Waals surface area contributed by atoms with Crippen LogP contribution in [-0.4, -0.2) is 118 Å². The lowest BCUT2D eigenvalue weighted by Gasteiger charge is -3.32. The Morgan fingerprint density at radius 3 is 0.306 bits per heavy atom. The monoisotopic (exact) mass is 1220 g/mol. The summed E-state index contributed by atoms with van der Waals surface area (Å²) in [5.74, 6) is 0. The zero-order valence-corrected chi connectivity index (χ0v) is 63.9. The molecule has 6 saturated heterocycles. The van der Waals surface area contributed by atoms with Crippen LogP contribution in [0.15, 0.2) is 196 Å². The van der Waals surface area contributed by atoms with Gasteiger partial charge in [-0.2, -0.15) is 0 Å². The first-order chi connectivity index (χ1) is 33.6. The van der Waals surface area contributed by atoms with Crippen LogP contribution in [0, 0.1) is 0 Å². The maximum Gasteiger partial charge on any atom is 0.0970 e. The Hall–Kier alpha value is -0.690. The van der Waals surface area contributed by atoms with Gasteiger partial charge in [-0.3, -0.25) is 0 Å². The fourth-order valence-electron chi connectivity index (χ4n) is 19.4. The molecule has 6 fully saturated rings. The molecule has 0 aromatic rings. The first-order valence-electron chi connectivity index (χ1n) is 27.8. The van der Waals surface area contributed by atoms with E-state index in [2.05, 4.69) is 249 Å². The molecular weight excluding hydrogens is 1120 g/mol. The van der Waals surface area contributed by atoms with E-state index < -0.39 is 118 Å². The van der Waals surface area contributed by atoms with Crippen molar-refractivity contribution in [2.24, 2.45) is 0 Å². The molecule has 392 valence electrons. The molecule has 0 unspecified atom stereocenters. The molecule has 6 aliphatic rings. The maximum absolute atomic E-state index is 4.68. The fourth-order valence-corrected chi connectivity index (χ4v) is 1130. The highest BCUT2D eigenvalue weighted by Gasteiger charge is 3.36. The van der Waals surface area contributed by atoms with Crippen molar-refractivity contribution in [3.05, 3.63) is 196 Å². The predicted octanol–water partition coefficient (Wildman–Crippen LogP) is 16.8. The Morgan fingerprint density at radius 1 is 0.181 bits per heavy atom. The molecule has 6 rings (SSSR count). The summed E-state index contributed by atoms with van der Waals surface area (Å²) in [6, 6.07) is 25.1. The average molecular weight is 1230 g/mol. The van der Waals surface area contributed by atoms with Crippen LogP contribution in [0.1, 0.15) is 0 Å². The smallest absolute Gasteiger partial charge is 0.0970 e. The fraction of sp³-hybridized carbons (Fsp3) is 0.429. The van der Waals surface area contributed by atoms with Crippen LogP contribution in [0.2, 0.25) is 149 Å². The molecule has 0 aromatic carbocycles. The van der Waals surface area contributed by atoms with Crippen molar-refractivity contribution < 1.29 is 0 Å². The molecule has 6 heterocycles. The molecule has 0 spiro atoms. The van der Waals surface area contributed by atoms with Crippen LogP contribution in [0.3, 0.4) is 0 Å². The van der Waals surface area contributed by atoms with E-state index in [4.69, 9.17) is 0 Å². The van der Waals surface area contributed by atoms with E-state index in [1.165, 1.54) is 48.4 Å². The third-order valence-electron chi connectivity index (χ3n) is 24.5. The Bertz CT molecular complexity index is 1730. The molecular formula is C56H104Si16. The Balaban J connectivity index is 2.14. The van der Waals surface area contributed by atoms with Gasteiger partial charge in [0.25, 0.3) is 0 Å². The van der Waals surface area contributed by atoms with Crippen molar-refractivity contribution in [1.82, 2.24) is 0 Å². The second kappa shape index (κ2) is 20.8. The SMILES string of the molecule is C=C[Si](C)(C=C)CC[Si]12[Si]3(CC[Si](C)(C=C)C=C)[Si]4(CC[Si](C)(C=C)C=C)[Si]1(CC[Si](C)(C=C)C=C)[Si]1(CC[Si](C)(C=C)C=C)[Si]2(CC[Si](C)(C=C)C=C)[Si]3(CC[Si](C)(C=C)C=C)[Si]41CC[Si](C)(C=C)C=C. The maximum atomic E-state index is 4.68. The van der Waals surface area contributed by atoms with Gasteiger partial charge in [0.05, 0.1) is 64.6 Å². The summed E-state index contributed by atoms with van der Waals surface area (Å²) in [4.78, 5) is 0. The van der Waals surface area contributed by atoms with Crippen LogP contribution < -0.4 is 0 Å². The summed E-state index contributed by atoms with van der Waals surface area (Å²) < 4.78 is 0. The molecule has 0 radical (unpaired) electrons. The molecule has 0 saturated carbocycles. The van der Waals surface area contributed by atoms with Gasteiger partial charge < -0.3 is 0 Å². The predicted molar refractivity (Wildman–Crippen MR) is 379 cm³/mol. The summed E-state index contributed by atoms with van der Waals surface area (Å²) in [5, 5.41) is 0. The van der Waals surface area contributed by atoms with Crippen molar-refractivity contribution in [2.45, 2.75) is 149 Å². The first kappa shape index (κ1) is 62.2. The van der Waals surface area contributed by atoms with Crippen molar-refractivity contribution >= 4 is 118 Å². The summed E-state index contributed by atoms with van der Waals surface area (Å²) in [7, 11) is -15.1. The molecule has 0 aliphatic carbocycles. The number of rotatable bonds is 40. The molecule has 0 N–H and O–H groups in total. The highest BCUT2D eigenvalue weighted by atomic mass is 31.1. The van der Waals surface area contributed by atoms with E-state index >= 15 is 0 Å². The molecule has 0 atom stereocenters. The second-order valence-corrected chi connectivity index (χ2v) is 177. The molecule has 0 nitrogen and oxygen atoms in total. The van der Waals surface area contributed by atoms with Crippen molar-refractivity contribution in [1.29, 1.82) is 0 Å². The van der Waals surface area contributed by atoms with Crippen LogP contribution >= 0.6 is 0 Å². The second-order valence-electron chi connectivity index (χ2n) is 26.6. The minimum atomic E-state index is -1.89. The van der Waals surface area contributed by atoms with E-state index in [9.17, 15) is 0 Å². The van der Waals surface area contributed by atoms with Gasteiger partial charge in [0.1, 0.15) is 0 Å². The number of hydrogen-bond donors (Lipinski definition) is 0. The molecule has 72 heavy (non-hydrogen) atoms. The Morgan fingerprint density at radius 2 is 0.250 bits per heavy atom. The van der Waals surface area contributed by atoms with E-state index in [0.29, 0.717) is 0 Å². The zero-order chi connectivity index (χ0) is 54.6. The van der Waals surface area contributed by atoms with Gasteiger partial charge in [-0.25, -0.2) is 0 Å². The van der Waals surface area contributed by atoms with Gasteiger partial charge in [-0.05, 0) is 0 Å². The van der Waals surface area contributed by atoms with Gasteiger partial charge >= 0.3 is 0 Å². The van der Waals surface area contributed by atoms with E-state index in [1.54, 1.807) is 48.4 Å². The topological polar surface area (TPSA) is 0 Å². The average Bonchev–Trinajstić information content (AvgIpc) is 3.41. The van der Waals surface area contributed by atoms with Crippen LogP contribution in [-0.2, 0) is 0 Å². The minimum absolute atomic E-state index is 1.44. The van der Waals surface area contributed by atoms with Crippen LogP contribution in [0.25, 0.3) is 0 Å². The Labute approximate surface area is 458 Å². The largest absolute Gasteiger partial charge is 0.107 e. The number of hydrogen-bond acceptors (Lipinski definition) is 0. The molecule has 6 aliphatic heterocycles. The summed E-state index contributed by atoms with van der Waals surface area (Å²) in [5.41, 5.74) is 39.4. The first-order valence-corrected chi connectivity index (χ1v) is 80.4. The summed E-state index contributed by atoms with van der Waals surface area (Å²) in [6.07, 6.45) is 0. The summed E-state index contributed by atoms with van der Waals surface area (Å²) in [6.45, 7) is 81.8. The molecule has 0 aromatic heterocycles. The van der Waals surface area contributed by atoms with Gasteiger partial charge in [0.2, 0.25) is 0 Å². The van der Waals surface area contributed by atoms with Crippen LogP contribution in [0.5, 0.6) is 0 Å². The minimum Gasteiger partial charge on any atom is -0.107 e. The highest BCUT2D eigenvalue weighted by molar-refractivity contribution is 8.93. The van der Waals surface area contributed by atoms with Gasteiger partial charge in [0.15, 0.2) is 0 Å². The van der Waals surface area contributed by atoms with Gasteiger partial charge in [0, 0.05) is 53.0 Å². The molecule has 16 heteroatoms. The summed E-state index contributed by atoms with van der Waals surface area (Å²) >= 11 is 0. The van der Waals surface area contributed by atoms with Crippen molar-refractivity contribution in [3.63, 3.8) is 0 Å². The third-order valence-corrected chi connectivity index (χ3v) is 442. The normalized spacial score (nSPS) is 31.9.